The lowest BCUT2D eigenvalue weighted by Gasteiger charge is -2.13. The van der Waals surface area contributed by atoms with E-state index >= 15 is 0 Å². The van der Waals surface area contributed by atoms with Gasteiger partial charge in [-0.15, -0.1) is 0 Å². The number of urea groups is 1. The lowest BCUT2D eigenvalue weighted by molar-refractivity contribution is -0.123. The molecule has 3 aromatic rings. The van der Waals surface area contributed by atoms with E-state index in [9.17, 15) is 19.2 Å². The summed E-state index contributed by atoms with van der Waals surface area (Å²) < 4.78 is 21.8. The van der Waals surface area contributed by atoms with E-state index in [2.05, 4.69) is 26.0 Å². The van der Waals surface area contributed by atoms with Crippen LogP contribution < -0.4 is 14.8 Å². The van der Waals surface area contributed by atoms with Crippen LogP contribution in [0.1, 0.15) is 37.8 Å². The molecule has 1 aliphatic rings. The SMILES string of the molecule is COC(=O)c1ccc(CN2C(=O)N/C(=C\c3cc(OC)c(OCc4ccc(C(=O)O)cc4)cc3Br)C2=O)o1. The maximum atomic E-state index is 12.9. The van der Waals surface area contributed by atoms with Gasteiger partial charge < -0.3 is 29.1 Å². The number of carboxylic acids is 1. The van der Waals surface area contributed by atoms with Crippen LogP contribution in [-0.2, 0) is 22.7 Å². The van der Waals surface area contributed by atoms with Crippen molar-refractivity contribution in [2.24, 2.45) is 0 Å². The fourth-order valence-electron chi connectivity index (χ4n) is 3.54. The molecule has 196 valence electrons. The lowest BCUT2D eigenvalue weighted by Crippen LogP contribution is -2.30. The minimum Gasteiger partial charge on any atom is -0.493 e. The third-order valence-corrected chi connectivity index (χ3v) is 6.19. The third-order valence-electron chi connectivity index (χ3n) is 5.50. The normalized spacial score (nSPS) is 14.0. The van der Waals surface area contributed by atoms with E-state index in [1.165, 1.54) is 44.6 Å². The smallest absolute Gasteiger partial charge is 0.373 e. The van der Waals surface area contributed by atoms with Gasteiger partial charge in [-0.05, 0) is 53.6 Å². The van der Waals surface area contributed by atoms with E-state index in [-0.39, 0.29) is 35.9 Å². The molecule has 2 aromatic carbocycles. The van der Waals surface area contributed by atoms with E-state index in [0.29, 0.717) is 21.5 Å². The largest absolute Gasteiger partial charge is 0.493 e. The first kappa shape index (κ1) is 26.5. The van der Waals surface area contributed by atoms with Gasteiger partial charge in [0.05, 0.1) is 26.3 Å². The Balaban J connectivity index is 1.49. The first-order valence-corrected chi connectivity index (χ1v) is 11.8. The average molecular weight is 585 g/mol. The van der Waals surface area contributed by atoms with Crippen molar-refractivity contribution in [3.05, 3.63) is 86.9 Å². The molecule has 3 amide bonds. The first-order valence-electron chi connectivity index (χ1n) is 11.0. The number of carboxylic acid groups (broad SMARTS) is 1. The molecule has 0 aliphatic carbocycles. The number of aromatic carboxylic acids is 1. The number of rotatable bonds is 9. The second-order valence-corrected chi connectivity index (χ2v) is 8.81. The number of methoxy groups -OCH3 is 2. The summed E-state index contributed by atoms with van der Waals surface area (Å²) in [4.78, 5) is 48.9. The average Bonchev–Trinajstić information content (AvgIpc) is 3.48. The zero-order valence-corrected chi connectivity index (χ0v) is 21.7. The van der Waals surface area contributed by atoms with Gasteiger partial charge in [-0.1, -0.05) is 28.1 Å². The molecule has 0 saturated carbocycles. The van der Waals surface area contributed by atoms with Gasteiger partial charge in [0.15, 0.2) is 11.5 Å². The van der Waals surface area contributed by atoms with Crippen LogP contribution in [0.25, 0.3) is 6.08 Å². The van der Waals surface area contributed by atoms with E-state index in [0.717, 1.165) is 10.5 Å². The summed E-state index contributed by atoms with van der Waals surface area (Å²) in [6, 6.07) is 11.8. The molecule has 38 heavy (non-hydrogen) atoms. The van der Waals surface area contributed by atoms with E-state index in [4.69, 9.17) is 19.0 Å². The lowest BCUT2D eigenvalue weighted by atomic mass is 10.1. The topological polar surface area (TPSA) is 145 Å². The molecule has 1 saturated heterocycles. The van der Waals surface area contributed by atoms with Gasteiger partial charge in [-0.3, -0.25) is 9.69 Å². The van der Waals surface area contributed by atoms with Crippen molar-refractivity contribution in [1.82, 2.24) is 10.2 Å². The number of imide groups is 1. The number of nitrogens with one attached hydrogen (secondary N) is 1. The van der Waals surface area contributed by atoms with Gasteiger partial charge in [-0.2, -0.15) is 0 Å². The molecule has 0 unspecified atom stereocenters. The Kier molecular flexibility index (Phi) is 7.82. The molecule has 11 nitrogen and oxygen atoms in total. The standard InChI is InChI=1S/C26H21BrN2O9/c1-35-21-10-16(18(27)11-22(21)37-13-14-3-5-15(6-4-14)24(31)32)9-19-23(30)29(26(34)28-19)12-17-7-8-20(38-17)25(33)36-2/h3-11H,12-13H2,1-2H3,(H,28,34)(H,31,32)/b19-9-. The number of hydrogen-bond acceptors (Lipinski definition) is 8. The molecular formula is C26H21BrN2O9. The Morgan fingerprint density at radius 1 is 1.08 bits per heavy atom. The molecule has 0 atom stereocenters. The molecule has 0 spiro atoms. The van der Waals surface area contributed by atoms with Crippen LogP contribution in [0.4, 0.5) is 4.79 Å². The molecule has 1 aliphatic heterocycles. The molecule has 12 heteroatoms. The Labute approximate surface area is 224 Å². The number of nitrogens with zero attached hydrogens (tertiary/aromatic N) is 1. The van der Waals surface area contributed by atoms with E-state index < -0.39 is 23.9 Å². The van der Waals surface area contributed by atoms with Crippen molar-refractivity contribution < 1.29 is 42.9 Å². The summed E-state index contributed by atoms with van der Waals surface area (Å²) >= 11 is 3.45. The number of ether oxygens (including phenoxy) is 3. The minimum atomic E-state index is -1.01. The molecule has 0 bridgehead atoms. The first-order chi connectivity index (χ1) is 18.2. The van der Waals surface area contributed by atoms with Crippen LogP contribution in [0.5, 0.6) is 11.5 Å². The molecule has 4 rings (SSSR count). The van der Waals surface area contributed by atoms with Crippen LogP contribution >= 0.6 is 15.9 Å². The van der Waals surface area contributed by atoms with Crippen LogP contribution in [0.15, 0.2) is 63.1 Å². The van der Waals surface area contributed by atoms with E-state index in [1.54, 1.807) is 24.3 Å². The molecular weight excluding hydrogens is 564 g/mol. The quantitative estimate of drug-likeness (QED) is 0.214. The van der Waals surface area contributed by atoms with Crippen molar-refractivity contribution >= 4 is 45.9 Å². The number of carbonyl (C=O) groups is 4. The third kappa shape index (κ3) is 5.70. The number of hydrogen-bond donors (Lipinski definition) is 2. The number of halogens is 1. The second-order valence-electron chi connectivity index (χ2n) is 7.95. The zero-order valence-electron chi connectivity index (χ0n) is 20.1. The maximum absolute atomic E-state index is 12.9. The summed E-state index contributed by atoms with van der Waals surface area (Å²) in [6.45, 7) is -0.0131. The van der Waals surface area contributed by atoms with Crippen LogP contribution in [-0.4, -0.2) is 48.1 Å². The molecule has 1 aromatic heterocycles. The van der Waals surface area contributed by atoms with Crippen molar-refractivity contribution in [1.29, 1.82) is 0 Å². The van der Waals surface area contributed by atoms with Crippen molar-refractivity contribution in [2.45, 2.75) is 13.2 Å². The van der Waals surface area contributed by atoms with E-state index in [1.807, 2.05) is 0 Å². The fraction of sp³-hybridized carbons (Fsp3) is 0.154. The van der Waals surface area contributed by atoms with Gasteiger partial charge in [0, 0.05) is 4.47 Å². The van der Waals surface area contributed by atoms with Gasteiger partial charge in [0.25, 0.3) is 5.91 Å². The zero-order chi connectivity index (χ0) is 27.4. The number of benzene rings is 2. The molecule has 2 N–H and O–H groups in total. The Morgan fingerprint density at radius 3 is 2.47 bits per heavy atom. The Morgan fingerprint density at radius 2 is 1.82 bits per heavy atom. The Bertz CT molecular complexity index is 1440. The Hall–Kier alpha value is -4.58. The van der Waals surface area contributed by atoms with Crippen LogP contribution in [0.3, 0.4) is 0 Å². The summed E-state index contributed by atoms with van der Waals surface area (Å²) in [5, 5.41) is 11.6. The highest BCUT2D eigenvalue weighted by Gasteiger charge is 2.34. The number of esters is 1. The summed E-state index contributed by atoms with van der Waals surface area (Å²) in [6.07, 6.45) is 1.49. The van der Waals surface area contributed by atoms with Crippen LogP contribution in [0, 0.1) is 0 Å². The predicted octanol–water partition coefficient (Wildman–Crippen LogP) is 4.21. The second kappa shape index (κ2) is 11.2. The molecule has 2 heterocycles. The van der Waals surface area contributed by atoms with Crippen LogP contribution in [0.2, 0.25) is 0 Å². The highest BCUT2D eigenvalue weighted by atomic mass is 79.9. The monoisotopic (exact) mass is 584 g/mol. The molecule has 0 radical (unpaired) electrons. The molecule has 1 fully saturated rings. The number of carbonyl (C=O) groups excluding carboxylic acids is 3. The summed E-state index contributed by atoms with van der Waals surface area (Å²) in [5.41, 5.74) is 1.50. The fourth-order valence-corrected chi connectivity index (χ4v) is 3.97. The summed E-state index contributed by atoms with van der Waals surface area (Å²) in [7, 11) is 2.68. The highest BCUT2D eigenvalue weighted by Crippen LogP contribution is 2.35. The highest BCUT2D eigenvalue weighted by molar-refractivity contribution is 9.10. The van der Waals surface area contributed by atoms with Crippen molar-refractivity contribution in [2.75, 3.05) is 14.2 Å². The van der Waals surface area contributed by atoms with Gasteiger partial charge in [0.1, 0.15) is 18.1 Å². The minimum absolute atomic E-state index is 0.0321. The summed E-state index contributed by atoms with van der Waals surface area (Å²) in [5.74, 6) is -1.29. The van der Waals surface area contributed by atoms with Crippen molar-refractivity contribution in [3.63, 3.8) is 0 Å². The van der Waals surface area contributed by atoms with Crippen molar-refractivity contribution in [3.8, 4) is 11.5 Å². The van der Waals surface area contributed by atoms with Gasteiger partial charge in [0.2, 0.25) is 5.76 Å². The predicted molar refractivity (Wildman–Crippen MR) is 136 cm³/mol. The van der Waals surface area contributed by atoms with Gasteiger partial charge in [-0.25, -0.2) is 14.4 Å². The number of furan rings is 1. The maximum Gasteiger partial charge on any atom is 0.373 e. The number of amides is 3. The van der Waals surface area contributed by atoms with Gasteiger partial charge >= 0.3 is 18.0 Å².